The van der Waals surface area contributed by atoms with E-state index in [9.17, 15) is 18.0 Å². The standard InChI is InChI=1S/C16H17F3O2/c17-16(18,19)13-4-1-10(2-5-13)15(20)12-3-6-14-11(9-12)7-8-21-14/h3,6,9-10,13H,1-2,4-5,7-8H2. The summed E-state index contributed by atoms with van der Waals surface area (Å²) in [6.45, 7) is 0.629. The van der Waals surface area contributed by atoms with Crippen LogP contribution in [0.1, 0.15) is 41.6 Å². The average molecular weight is 298 g/mol. The summed E-state index contributed by atoms with van der Waals surface area (Å²) in [6.07, 6.45) is -2.55. The van der Waals surface area contributed by atoms with Crippen molar-refractivity contribution in [1.29, 1.82) is 0 Å². The molecular weight excluding hydrogens is 281 g/mol. The highest BCUT2D eigenvalue weighted by Gasteiger charge is 2.42. The van der Waals surface area contributed by atoms with Gasteiger partial charge in [0.2, 0.25) is 0 Å². The molecule has 1 aromatic carbocycles. The summed E-state index contributed by atoms with van der Waals surface area (Å²) in [5.74, 6) is -0.725. The normalized spacial score (nSPS) is 25.3. The summed E-state index contributed by atoms with van der Waals surface area (Å²) in [7, 11) is 0. The zero-order valence-electron chi connectivity index (χ0n) is 11.6. The third-order valence-electron chi connectivity index (χ3n) is 4.53. The van der Waals surface area contributed by atoms with Crippen LogP contribution in [0.25, 0.3) is 0 Å². The SMILES string of the molecule is O=C(c1ccc2c(c1)CCO2)C1CCC(C(F)(F)F)CC1. The average Bonchev–Trinajstić information content (AvgIpc) is 2.93. The number of benzene rings is 1. The Bertz CT molecular complexity index is 543. The van der Waals surface area contributed by atoms with Crippen molar-refractivity contribution in [2.45, 2.75) is 38.3 Å². The second kappa shape index (κ2) is 5.35. The third kappa shape index (κ3) is 2.92. The van der Waals surface area contributed by atoms with Crippen LogP contribution >= 0.6 is 0 Å². The summed E-state index contributed by atoms with van der Waals surface area (Å²) >= 11 is 0. The summed E-state index contributed by atoms with van der Waals surface area (Å²) in [4.78, 5) is 12.4. The van der Waals surface area contributed by atoms with E-state index in [4.69, 9.17) is 4.74 Å². The van der Waals surface area contributed by atoms with Gasteiger partial charge in [-0.15, -0.1) is 0 Å². The maximum Gasteiger partial charge on any atom is 0.391 e. The number of ketones is 1. The first kappa shape index (κ1) is 14.4. The van der Waals surface area contributed by atoms with Gasteiger partial charge in [0.15, 0.2) is 5.78 Å². The van der Waals surface area contributed by atoms with Crippen molar-refractivity contribution in [3.8, 4) is 5.75 Å². The van der Waals surface area contributed by atoms with Crippen molar-refractivity contribution in [3.05, 3.63) is 29.3 Å². The van der Waals surface area contributed by atoms with Gasteiger partial charge in [0.1, 0.15) is 5.75 Å². The molecule has 1 aliphatic carbocycles. The molecule has 0 spiro atoms. The lowest BCUT2D eigenvalue weighted by Crippen LogP contribution is -2.30. The number of alkyl halides is 3. The van der Waals surface area contributed by atoms with E-state index in [1.54, 1.807) is 12.1 Å². The molecule has 0 aromatic heterocycles. The molecule has 0 N–H and O–H groups in total. The van der Waals surface area contributed by atoms with E-state index in [0.29, 0.717) is 25.0 Å². The van der Waals surface area contributed by atoms with Crippen LogP contribution in [-0.4, -0.2) is 18.6 Å². The highest BCUT2D eigenvalue weighted by Crippen LogP contribution is 2.40. The van der Waals surface area contributed by atoms with Gasteiger partial charge in [0.25, 0.3) is 0 Å². The zero-order chi connectivity index (χ0) is 15.0. The Morgan fingerprint density at radius 2 is 1.86 bits per heavy atom. The fourth-order valence-corrected chi connectivity index (χ4v) is 3.26. The molecule has 1 aliphatic heterocycles. The van der Waals surface area contributed by atoms with Gasteiger partial charge in [0, 0.05) is 17.9 Å². The van der Waals surface area contributed by atoms with Crippen molar-refractivity contribution in [3.63, 3.8) is 0 Å². The maximum atomic E-state index is 12.6. The minimum absolute atomic E-state index is 0.0228. The van der Waals surface area contributed by atoms with Crippen molar-refractivity contribution in [1.82, 2.24) is 0 Å². The Balaban J connectivity index is 1.67. The van der Waals surface area contributed by atoms with Gasteiger partial charge in [-0.2, -0.15) is 13.2 Å². The first-order valence-electron chi connectivity index (χ1n) is 7.32. The zero-order valence-corrected chi connectivity index (χ0v) is 11.6. The molecule has 5 heteroatoms. The molecule has 1 heterocycles. The third-order valence-corrected chi connectivity index (χ3v) is 4.53. The number of rotatable bonds is 2. The van der Waals surface area contributed by atoms with Crippen LogP contribution in [0.4, 0.5) is 13.2 Å². The van der Waals surface area contributed by atoms with Gasteiger partial charge in [-0.3, -0.25) is 4.79 Å². The van der Waals surface area contributed by atoms with Crippen LogP contribution in [0, 0.1) is 11.8 Å². The van der Waals surface area contributed by atoms with Crippen LogP contribution in [0.3, 0.4) is 0 Å². The number of fused-ring (bicyclic) bond motifs is 1. The lowest BCUT2D eigenvalue weighted by atomic mass is 9.78. The van der Waals surface area contributed by atoms with E-state index < -0.39 is 12.1 Å². The fraction of sp³-hybridized carbons (Fsp3) is 0.562. The number of halogens is 3. The summed E-state index contributed by atoms with van der Waals surface area (Å²) in [5.41, 5.74) is 1.62. The molecular formula is C16H17F3O2. The predicted octanol–water partition coefficient (Wildman–Crippen LogP) is 4.17. The smallest absolute Gasteiger partial charge is 0.391 e. The molecule has 21 heavy (non-hydrogen) atoms. The molecule has 114 valence electrons. The number of hydrogen-bond acceptors (Lipinski definition) is 2. The second-order valence-corrected chi connectivity index (χ2v) is 5.88. The molecule has 1 aromatic rings. The summed E-state index contributed by atoms with van der Waals surface area (Å²) in [5, 5.41) is 0. The Morgan fingerprint density at radius 3 is 2.52 bits per heavy atom. The van der Waals surface area contributed by atoms with Gasteiger partial charge in [-0.25, -0.2) is 0 Å². The quantitative estimate of drug-likeness (QED) is 0.766. The maximum absolute atomic E-state index is 12.6. The monoisotopic (exact) mass is 298 g/mol. The Morgan fingerprint density at radius 1 is 1.14 bits per heavy atom. The number of Topliss-reactive ketones (excluding diaryl/α,β-unsaturated/α-hetero) is 1. The van der Waals surface area contributed by atoms with Crippen molar-refractivity contribution >= 4 is 5.78 Å². The van der Waals surface area contributed by atoms with Crippen LogP contribution < -0.4 is 4.74 Å². The lowest BCUT2D eigenvalue weighted by Gasteiger charge is -2.29. The molecule has 0 atom stereocenters. The van der Waals surface area contributed by atoms with Gasteiger partial charge in [-0.05, 0) is 49.4 Å². The Kier molecular flexibility index (Phi) is 3.68. The van der Waals surface area contributed by atoms with Gasteiger partial charge < -0.3 is 4.74 Å². The van der Waals surface area contributed by atoms with Crippen molar-refractivity contribution < 1.29 is 22.7 Å². The first-order chi connectivity index (χ1) is 9.95. The number of carbonyl (C=O) groups excluding carboxylic acids is 1. The molecule has 2 nitrogen and oxygen atoms in total. The Hall–Kier alpha value is -1.52. The van der Waals surface area contributed by atoms with E-state index in [-0.39, 0.29) is 24.5 Å². The number of carbonyl (C=O) groups is 1. The van der Waals surface area contributed by atoms with Crippen molar-refractivity contribution in [2.75, 3.05) is 6.61 Å². The van der Waals surface area contributed by atoms with E-state index in [1.165, 1.54) is 0 Å². The molecule has 0 unspecified atom stereocenters. The van der Waals surface area contributed by atoms with E-state index in [2.05, 4.69) is 0 Å². The van der Waals surface area contributed by atoms with Crippen molar-refractivity contribution in [2.24, 2.45) is 11.8 Å². The molecule has 2 aliphatic rings. The molecule has 1 saturated carbocycles. The first-order valence-corrected chi connectivity index (χ1v) is 7.32. The number of ether oxygens (including phenoxy) is 1. The van der Waals surface area contributed by atoms with Crippen LogP contribution in [0.5, 0.6) is 5.75 Å². The molecule has 0 bridgehead atoms. The van der Waals surface area contributed by atoms with Gasteiger partial charge in [0.05, 0.1) is 12.5 Å². The molecule has 0 radical (unpaired) electrons. The van der Waals surface area contributed by atoms with Crippen LogP contribution in [-0.2, 0) is 6.42 Å². The minimum Gasteiger partial charge on any atom is -0.493 e. The molecule has 0 saturated heterocycles. The summed E-state index contributed by atoms with van der Waals surface area (Å²) < 4.78 is 43.3. The predicted molar refractivity (Wildman–Crippen MR) is 71.5 cm³/mol. The van der Waals surface area contributed by atoms with E-state index >= 15 is 0 Å². The molecule has 0 amide bonds. The molecule has 3 rings (SSSR count). The van der Waals surface area contributed by atoms with Gasteiger partial charge in [-0.1, -0.05) is 0 Å². The largest absolute Gasteiger partial charge is 0.493 e. The topological polar surface area (TPSA) is 26.3 Å². The second-order valence-electron chi connectivity index (χ2n) is 5.88. The number of hydrogen-bond donors (Lipinski definition) is 0. The minimum atomic E-state index is -4.13. The van der Waals surface area contributed by atoms with Crippen LogP contribution in [0.2, 0.25) is 0 Å². The lowest BCUT2D eigenvalue weighted by molar-refractivity contribution is -0.183. The highest BCUT2D eigenvalue weighted by atomic mass is 19.4. The van der Waals surface area contributed by atoms with E-state index in [0.717, 1.165) is 17.7 Å². The highest BCUT2D eigenvalue weighted by molar-refractivity contribution is 5.98. The van der Waals surface area contributed by atoms with Gasteiger partial charge >= 0.3 is 6.18 Å². The van der Waals surface area contributed by atoms with Crippen LogP contribution in [0.15, 0.2) is 18.2 Å². The molecule has 1 fully saturated rings. The fourth-order valence-electron chi connectivity index (χ4n) is 3.26. The summed E-state index contributed by atoms with van der Waals surface area (Å²) in [6, 6.07) is 5.35. The van der Waals surface area contributed by atoms with E-state index in [1.807, 2.05) is 6.07 Å². The Labute approximate surface area is 121 Å².